The Hall–Kier alpha value is -1.89. The van der Waals surface area contributed by atoms with Gasteiger partial charge in [-0.15, -0.1) is 0 Å². The molecule has 7 heteroatoms. The predicted octanol–water partition coefficient (Wildman–Crippen LogP) is 0.189. The molecule has 0 bridgehead atoms. The summed E-state index contributed by atoms with van der Waals surface area (Å²) in [5.74, 6) is 2.01. The molecule has 4 rings (SSSR count). The molecule has 3 N–H and O–H groups in total. The monoisotopic (exact) mass is 302 g/mol. The van der Waals surface area contributed by atoms with Crippen LogP contribution in [-0.2, 0) is 4.79 Å². The number of rotatable bonds is 4. The van der Waals surface area contributed by atoms with Gasteiger partial charge >= 0.3 is 0 Å². The second kappa shape index (κ2) is 5.39. The van der Waals surface area contributed by atoms with E-state index in [4.69, 9.17) is 5.73 Å². The number of nitrogens with two attached hydrogens (primary N) is 1. The normalized spacial score (nSPS) is 28.5. The minimum atomic E-state index is -0.0168. The van der Waals surface area contributed by atoms with Gasteiger partial charge in [-0.05, 0) is 19.3 Å². The molecular weight excluding hydrogens is 280 g/mol. The van der Waals surface area contributed by atoms with Crippen molar-refractivity contribution in [1.82, 2.24) is 14.9 Å². The fourth-order valence-electron chi connectivity index (χ4n) is 3.38. The van der Waals surface area contributed by atoms with E-state index in [0.29, 0.717) is 12.5 Å². The lowest BCUT2D eigenvalue weighted by molar-refractivity contribution is -0.129. The molecular formula is C15H22N6O. The van der Waals surface area contributed by atoms with Crippen molar-refractivity contribution in [2.24, 2.45) is 5.73 Å². The van der Waals surface area contributed by atoms with Crippen molar-refractivity contribution in [2.75, 3.05) is 29.9 Å². The van der Waals surface area contributed by atoms with Crippen LogP contribution in [0.1, 0.15) is 25.7 Å². The Morgan fingerprint density at radius 3 is 2.86 bits per heavy atom. The summed E-state index contributed by atoms with van der Waals surface area (Å²) in [6, 6.07) is 2.64. The standard InChI is InChI=1S/C15H22N6O/c16-11-7-20(8-12(11)21-5-1-2-15(21)22)14-6-13(17-9-18-14)19-10-3-4-10/h6,9-12H,1-5,7-8,16H2,(H,17,18,19)/t11-,12-/m0/s1. The molecule has 1 aromatic heterocycles. The molecule has 22 heavy (non-hydrogen) atoms. The Bertz CT molecular complexity index is 575. The van der Waals surface area contributed by atoms with Crippen LogP contribution in [0, 0.1) is 0 Å². The van der Waals surface area contributed by atoms with Gasteiger partial charge in [0.05, 0.1) is 6.04 Å². The number of nitrogens with zero attached hydrogens (tertiary/aromatic N) is 4. The molecule has 3 fully saturated rings. The molecule has 118 valence electrons. The lowest BCUT2D eigenvalue weighted by Crippen LogP contribution is -2.47. The van der Waals surface area contributed by atoms with Gasteiger partial charge < -0.3 is 20.9 Å². The second-order valence-electron chi connectivity index (χ2n) is 6.51. The second-order valence-corrected chi connectivity index (χ2v) is 6.51. The Morgan fingerprint density at radius 2 is 2.14 bits per heavy atom. The van der Waals surface area contributed by atoms with Crippen molar-refractivity contribution < 1.29 is 4.79 Å². The fourth-order valence-corrected chi connectivity index (χ4v) is 3.38. The van der Waals surface area contributed by atoms with Gasteiger partial charge in [-0.1, -0.05) is 0 Å². The van der Waals surface area contributed by atoms with E-state index < -0.39 is 0 Å². The predicted molar refractivity (Wildman–Crippen MR) is 83.6 cm³/mol. The zero-order valence-corrected chi connectivity index (χ0v) is 12.6. The van der Waals surface area contributed by atoms with E-state index in [0.717, 1.165) is 37.7 Å². The highest BCUT2D eigenvalue weighted by atomic mass is 16.2. The Kier molecular flexibility index (Phi) is 3.37. The quantitative estimate of drug-likeness (QED) is 0.825. The van der Waals surface area contributed by atoms with Crippen molar-refractivity contribution >= 4 is 17.5 Å². The van der Waals surface area contributed by atoms with Gasteiger partial charge in [0.2, 0.25) is 5.91 Å². The minimum absolute atomic E-state index is 0.0168. The van der Waals surface area contributed by atoms with Crippen molar-refractivity contribution in [2.45, 2.75) is 43.8 Å². The first-order valence-electron chi connectivity index (χ1n) is 8.09. The van der Waals surface area contributed by atoms with E-state index in [2.05, 4.69) is 20.2 Å². The van der Waals surface area contributed by atoms with Crippen LogP contribution in [0.15, 0.2) is 12.4 Å². The molecule has 3 aliphatic rings. The van der Waals surface area contributed by atoms with Gasteiger partial charge in [0.1, 0.15) is 18.0 Å². The van der Waals surface area contributed by atoms with E-state index in [1.54, 1.807) is 6.33 Å². The number of anilines is 2. The summed E-state index contributed by atoms with van der Waals surface area (Å²) >= 11 is 0. The van der Waals surface area contributed by atoms with Crippen LogP contribution in [0.2, 0.25) is 0 Å². The van der Waals surface area contributed by atoms with Gasteiger partial charge in [0, 0.05) is 44.2 Å². The fraction of sp³-hybridized carbons (Fsp3) is 0.667. The van der Waals surface area contributed by atoms with Crippen LogP contribution < -0.4 is 16.0 Å². The summed E-state index contributed by atoms with van der Waals surface area (Å²) < 4.78 is 0. The molecule has 3 heterocycles. The van der Waals surface area contributed by atoms with E-state index in [9.17, 15) is 4.79 Å². The summed E-state index contributed by atoms with van der Waals surface area (Å²) in [4.78, 5) is 24.7. The van der Waals surface area contributed by atoms with Crippen LogP contribution >= 0.6 is 0 Å². The first-order valence-corrected chi connectivity index (χ1v) is 8.09. The number of nitrogens with one attached hydrogen (secondary N) is 1. The summed E-state index contributed by atoms with van der Waals surface area (Å²) in [5.41, 5.74) is 6.28. The van der Waals surface area contributed by atoms with Crippen LogP contribution in [0.3, 0.4) is 0 Å². The third-order valence-electron chi connectivity index (χ3n) is 4.75. The van der Waals surface area contributed by atoms with E-state index in [1.807, 2.05) is 11.0 Å². The largest absolute Gasteiger partial charge is 0.367 e. The molecule has 1 aromatic rings. The van der Waals surface area contributed by atoms with Gasteiger partial charge in [0.15, 0.2) is 0 Å². The van der Waals surface area contributed by atoms with E-state index in [1.165, 1.54) is 12.8 Å². The van der Waals surface area contributed by atoms with Crippen molar-refractivity contribution in [3.63, 3.8) is 0 Å². The summed E-state index contributed by atoms with van der Waals surface area (Å²) in [7, 11) is 0. The molecule has 0 unspecified atom stereocenters. The number of amides is 1. The molecule has 0 aromatic carbocycles. The summed E-state index contributed by atoms with van der Waals surface area (Å²) in [5, 5.41) is 3.39. The molecule has 1 saturated carbocycles. The highest BCUT2D eigenvalue weighted by Crippen LogP contribution is 2.27. The average Bonchev–Trinajstić information content (AvgIpc) is 3.09. The average molecular weight is 302 g/mol. The van der Waals surface area contributed by atoms with E-state index in [-0.39, 0.29) is 18.0 Å². The topological polar surface area (TPSA) is 87.4 Å². The lowest BCUT2D eigenvalue weighted by atomic mass is 10.1. The lowest BCUT2D eigenvalue weighted by Gasteiger charge is -2.26. The van der Waals surface area contributed by atoms with Crippen molar-refractivity contribution in [1.29, 1.82) is 0 Å². The van der Waals surface area contributed by atoms with Gasteiger partial charge in [-0.2, -0.15) is 0 Å². The molecule has 1 aliphatic carbocycles. The van der Waals surface area contributed by atoms with Crippen LogP contribution in [-0.4, -0.2) is 58.5 Å². The molecule has 2 saturated heterocycles. The smallest absolute Gasteiger partial charge is 0.223 e. The van der Waals surface area contributed by atoms with Crippen molar-refractivity contribution in [3.8, 4) is 0 Å². The number of hydrogen-bond donors (Lipinski definition) is 2. The van der Waals surface area contributed by atoms with Crippen LogP contribution in [0.5, 0.6) is 0 Å². The van der Waals surface area contributed by atoms with Gasteiger partial charge in [-0.3, -0.25) is 4.79 Å². The molecule has 2 atom stereocenters. The number of hydrogen-bond acceptors (Lipinski definition) is 6. The maximum absolute atomic E-state index is 11.9. The number of likely N-dealkylation sites (tertiary alicyclic amines) is 1. The molecule has 2 aliphatic heterocycles. The van der Waals surface area contributed by atoms with Crippen molar-refractivity contribution in [3.05, 3.63) is 12.4 Å². The highest BCUT2D eigenvalue weighted by Gasteiger charge is 2.38. The number of carbonyl (C=O) groups excluding carboxylic acids is 1. The summed E-state index contributed by atoms with van der Waals surface area (Å²) in [6.45, 7) is 2.32. The minimum Gasteiger partial charge on any atom is -0.367 e. The highest BCUT2D eigenvalue weighted by molar-refractivity contribution is 5.78. The number of carbonyl (C=O) groups is 1. The Balaban J connectivity index is 1.48. The molecule has 1 amide bonds. The third kappa shape index (κ3) is 2.61. The first kappa shape index (κ1) is 13.8. The zero-order valence-electron chi connectivity index (χ0n) is 12.6. The van der Waals surface area contributed by atoms with E-state index >= 15 is 0 Å². The zero-order chi connectivity index (χ0) is 15.1. The molecule has 0 radical (unpaired) electrons. The number of aromatic nitrogens is 2. The summed E-state index contributed by atoms with van der Waals surface area (Å²) in [6.07, 6.45) is 5.64. The third-order valence-corrected chi connectivity index (χ3v) is 4.75. The molecule has 0 spiro atoms. The first-order chi connectivity index (χ1) is 10.7. The van der Waals surface area contributed by atoms with Gasteiger partial charge in [-0.25, -0.2) is 9.97 Å². The van der Waals surface area contributed by atoms with Crippen LogP contribution in [0.4, 0.5) is 11.6 Å². The van der Waals surface area contributed by atoms with Gasteiger partial charge in [0.25, 0.3) is 0 Å². The maximum Gasteiger partial charge on any atom is 0.223 e. The Morgan fingerprint density at radius 1 is 1.27 bits per heavy atom. The Labute approximate surface area is 129 Å². The maximum atomic E-state index is 11.9. The molecule has 7 nitrogen and oxygen atoms in total. The van der Waals surface area contributed by atoms with Crippen LogP contribution in [0.25, 0.3) is 0 Å². The SMILES string of the molecule is N[C@H]1CN(c2cc(NC3CC3)ncn2)C[C@@H]1N1CCCC1=O.